The minimum absolute atomic E-state index is 0.195. The van der Waals surface area contributed by atoms with Crippen molar-refractivity contribution < 1.29 is 9.18 Å². The maximum Gasteiger partial charge on any atom is 0.269 e. The lowest BCUT2D eigenvalue weighted by molar-refractivity contribution is 0.0946. The van der Waals surface area contributed by atoms with Crippen LogP contribution in [0, 0.1) is 5.82 Å². The van der Waals surface area contributed by atoms with E-state index in [0.29, 0.717) is 22.0 Å². The summed E-state index contributed by atoms with van der Waals surface area (Å²) >= 11 is 5.91. The normalized spacial score (nSPS) is 10.8. The Morgan fingerprint density at radius 3 is 2.42 bits per heavy atom. The first-order valence-electron chi connectivity index (χ1n) is 9.43. The molecule has 1 amide bonds. The maximum atomic E-state index is 13.1. The summed E-state index contributed by atoms with van der Waals surface area (Å²) in [6, 6.07) is 17.6. The van der Waals surface area contributed by atoms with Gasteiger partial charge in [0.1, 0.15) is 11.5 Å². The quantitative estimate of drug-likeness (QED) is 0.482. The number of aromatic amines is 1. The zero-order valence-corrected chi connectivity index (χ0v) is 16.9. The third-order valence-electron chi connectivity index (χ3n) is 4.58. The molecule has 0 spiro atoms. The van der Waals surface area contributed by atoms with Crippen LogP contribution in [-0.4, -0.2) is 32.4 Å². The Balaban J connectivity index is 1.39. The van der Waals surface area contributed by atoms with Gasteiger partial charge >= 0.3 is 0 Å². The van der Waals surface area contributed by atoms with E-state index in [-0.39, 0.29) is 36.1 Å². The second kappa shape index (κ2) is 8.93. The molecular formula is C22H17ClFN5O2. The number of hydrogen-bond donors (Lipinski definition) is 2. The van der Waals surface area contributed by atoms with Crippen LogP contribution in [0.5, 0.6) is 0 Å². The zero-order chi connectivity index (χ0) is 21.8. The first-order valence-corrected chi connectivity index (χ1v) is 9.81. The predicted molar refractivity (Wildman–Crippen MR) is 115 cm³/mol. The van der Waals surface area contributed by atoms with Crippen LogP contribution >= 0.6 is 11.6 Å². The average molecular weight is 438 g/mol. The molecule has 0 aliphatic carbocycles. The molecule has 0 bridgehead atoms. The van der Waals surface area contributed by atoms with Gasteiger partial charge in [0.2, 0.25) is 0 Å². The Labute approximate surface area is 181 Å². The molecule has 0 radical (unpaired) electrons. The maximum absolute atomic E-state index is 13.1. The van der Waals surface area contributed by atoms with Crippen LogP contribution in [0.1, 0.15) is 10.5 Å². The van der Waals surface area contributed by atoms with Gasteiger partial charge in [-0.05, 0) is 48.5 Å². The summed E-state index contributed by atoms with van der Waals surface area (Å²) in [7, 11) is 0. The largest absolute Gasteiger partial charge is 0.349 e. The van der Waals surface area contributed by atoms with E-state index in [0.717, 1.165) is 5.56 Å². The summed E-state index contributed by atoms with van der Waals surface area (Å²) in [4.78, 5) is 24.5. The Morgan fingerprint density at radius 1 is 1.00 bits per heavy atom. The van der Waals surface area contributed by atoms with Gasteiger partial charge in [0.15, 0.2) is 0 Å². The van der Waals surface area contributed by atoms with E-state index in [1.807, 2.05) is 12.1 Å². The summed E-state index contributed by atoms with van der Waals surface area (Å²) < 4.78 is 14.3. The minimum Gasteiger partial charge on any atom is -0.349 e. The monoisotopic (exact) mass is 437 g/mol. The van der Waals surface area contributed by atoms with Gasteiger partial charge in [0.05, 0.1) is 17.9 Å². The van der Waals surface area contributed by atoms with Crippen LogP contribution in [0.2, 0.25) is 5.02 Å². The number of rotatable bonds is 6. The summed E-state index contributed by atoms with van der Waals surface area (Å²) in [6.07, 6.45) is 0. The van der Waals surface area contributed by atoms with Crippen LogP contribution in [0.25, 0.3) is 22.5 Å². The van der Waals surface area contributed by atoms with Gasteiger partial charge in [-0.1, -0.05) is 23.7 Å². The topological polar surface area (TPSA) is 92.7 Å². The molecule has 2 heterocycles. The van der Waals surface area contributed by atoms with Crippen molar-refractivity contribution in [1.29, 1.82) is 0 Å². The highest BCUT2D eigenvalue weighted by Gasteiger charge is 2.11. The minimum atomic E-state index is -0.372. The van der Waals surface area contributed by atoms with Crippen LogP contribution in [0.3, 0.4) is 0 Å². The third kappa shape index (κ3) is 4.87. The van der Waals surface area contributed by atoms with Gasteiger partial charge in [0.25, 0.3) is 11.5 Å². The lowest BCUT2D eigenvalue weighted by Gasteiger charge is -2.08. The zero-order valence-electron chi connectivity index (χ0n) is 16.2. The lowest BCUT2D eigenvalue weighted by Crippen LogP contribution is -2.32. The SMILES string of the molecule is O=C(NCCn1nc(-c2ccc(Cl)cc2)ccc1=O)c1cc(-c2ccc(F)cc2)n[nH]1. The van der Waals surface area contributed by atoms with Gasteiger partial charge in [-0.2, -0.15) is 10.2 Å². The van der Waals surface area contributed by atoms with Crippen molar-refractivity contribution in [2.75, 3.05) is 6.54 Å². The van der Waals surface area contributed by atoms with Gasteiger partial charge in [-0.15, -0.1) is 0 Å². The van der Waals surface area contributed by atoms with Crippen molar-refractivity contribution in [2.45, 2.75) is 6.54 Å². The second-order valence-electron chi connectivity index (χ2n) is 6.72. The third-order valence-corrected chi connectivity index (χ3v) is 4.83. The number of carbonyl (C=O) groups excluding carboxylic acids is 1. The molecule has 2 aromatic carbocycles. The average Bonchev–Trinajstić information content (AvgIpc) is 3.26. The molecule has 0 aliphatic heterocycles. The molecule has 2 N–H and O–H groups in total. The summed E-state index contributed by atoms with van der Waals surface area (Å²) in [5.74, 6) is -0.719. The smallest absolute Gasteiger partial charge is 0.269 e. The number of amides is 1. The number of carbonyl (C=O) groups is 1. The van der Waals surface area contributed by atoms with E-state index in [1.165, 1.54) is 22.9 Å². The fourth-order valence-electron chi connectivity index (χ4n) is 2.96. The van der Waals surface area contributed by atoms with Crippen LogP contribution in [0.15, 0.2) is 71.5 Å². The van der Waals surface area contributed by atoms with Crippen molar-refractivity contribution in [3.8, 4) is 22.5 Å². The summed E-state index contributed by atoms with van der Waals surface area (Å²) in [6.45, 7) is 0.395. The molecule has 4 rings (SSSR count). The van der Waals surface area contributed by atoms with E-state index in [1.54, 1.807) is 36.4 Å². The van der Waals surface area contributed by atoms with E-state index in [9.17, 15) is 14.0 Å². The number of H-pyrrole nitrogens is 1. The molecule has 0 unspecified atom stereocenters. The predicted octanol–water partition coefficient (Wildman–Crippen LogP) is 3.52. The first kappa shape index (κ1) is 20.5. The number of aromatic nitrogens is 4. The highest BCUT2D eigenvalue weighted by atomic mass is 35.5. The van der Waals surface area contributed by atoms with Gasteiger partial charge < -0.3 is 5.32 Å². The van der Waals surface area contributed by atoms with Crippen molar-refractivity contribution in [1.82, 2.24) is 25.3 Å². The van der Waals surface area contributed by atoms with E-state index in [2.05, 4.69) is 20.6 Å². The Bertz CT molecular complexity index is 1270. The fraction of sp³-hybridized carbons (Fsp3) is 0.0909. The molecule has 4 aromatic rings. The molecule has 0 saturated heterocycles. The molecule has 7 nitrogen and oxygen atoms in total. The molecule has 0 fully saturated rings. The van der Waals surface area contributed by atoms with Gasteiger partial charge in [-0.25, -0.2) is 9.07 Å². The van der Waals surface area contributed by atoms with Crippen LogP contribution in [-0.2, 0) is 6.54 Å². The lowest BCUT2D eigenvalue weighted by atomic mass is 10.1. The Morgan fingerprint density at radius 2 is 1.68 bits per heavy atom. The van der Waals surface area contributed by atoms with Crippen molar-refractivity contribution >= 4 is 17.5 Å². The highest BCUT2D eigenvalue weighted by molar-refractivity contribution is 6.30. The molecule has 156 valence electrons. The van der Waals surface area contributed by atoms with Gasteiger partial charge in [-0.3, -0.25) is 14.7 Å². The van der Waals surface area contributed by atoms with Crippen LogP contribution < -0.4 is 10.9 Å². The number of nitrogens with zero attached hydrogens (tertiary/aromatic N) is 3. The Hall–Kier alpha value is -3.78. The number of halogens is 2. The molecule has 0 aliphatic rings. The van der Waals surface area contributed by atoms with E-state index < -0.39 is 0 Å². The van der Waals surface area contributed by atoms with Crippen molar-refractivity contribution in [3.05, 3.63) is 93.6 Å². The molecule has 2 aromatic heterocycles. The molecule has 0 saturated carbocycles. The highest BCUT2D eigenvalue weighted by Crippen LogP contribution is 2.19. The second-order valence-corrected chi connectivity index (χ2v) is 7.15. The molecule has 0 atom stereocenters. The summed E-state index contributed by atoms with van der Waals surface area (Å²) in [5.41, 5.74) is 2.65. The standard InChI is InChI=1S/C22H17ClFN5O2/c23-16-5-1-14(2-6-16)18-9-10-21(30)29(28-18)12-11-25-22(31)20-13-19(26-27-20)15-3-7-17(24)8-4-15/h1-10,13H,11-12H2,(H,25,31)(H,26,27). The summed E-state index contributed by atoms with van der Waals surface area (Å²) in [5, 5.41) is 14.4. The van der Waals surface area contributed by atoms with Crippen LogP contribution in [0.4, 0.5) is 4.39 Å². The van der Waals surface area contributed by atoms with E-state index in [4.69, 9.17) is 11.6 Å². The number of benzene rings is 2. The number of hydrogen-bond acceptors (Lipinski definition) is 4. The Kier molecular flexibility index (Phi) is 5.90. The van der Waals surface area contributed by atoms with E-state index >= 15 is 0 Å². The van der Waals surface area contributed by atoms with Crippen molar-refractivity contribution in [3.63, 3.8) is 0 Å². The van der Waals surface area contributed by atoms with Crippen molar-refractivity contribution in [2.24, 2.45) is 0 Å². The fourth-order valence-corrected chi connectivity index (χ4v) is 3.09. The van der Waals surface area contributed by atoms with Gasteiger partial charge in [0, 0.05) is 28.8 Å². The first-order chi connectivity index (χ1) is 15.0. The molecule has 9 heteroatoms. The number of nitrogens with one attached hydrogen (secondary N) is 2. The molecule has 31 heavy (non-hydrogen) atoms. The molecular weight excluding hydrogens is 421 g/mol.